The number of nitrogens with one attached hydrogen (secondary N) is 1. The molecule has 3 saturated carbocycles. The smallest absolute Gasteiger partial charge is 0.160 e. The normalized spacial score (nSPS) is 45.4. The number of ether oxygens (including phenoxy) is 1. The minimum Gasteiger partial charge on any atom is -0.508 e. The zero-order chi connectivity index (χ0) is 35.1. The molecule has 48 heavy (non-hydrogen) atoms. The molecule has 1 aromatic carbocycles. The Hall–Kier alpha value is -2.09. The van der Waals surface area contributed by atoms with Crippen LogP contribution >= 0.6 is 0 Å². The number of aromatic hydroxyl groups is 2. The second kappa shape index (κ2) is 12.3. The van der Waals surface area contributed by atoms with Gasteiger partial charge in [-0.25, -0.2) is 0 Å². The van der Waals surface area contributed by atoms with Crippen LogP contribution in [0.15, 0.2) is 29.8 Å². The molecular weight excluding hydrogens is 618 g/mol. The highest BCUT2D eigenvalue weighted by molar-refractivity contribution is 5.96. The second-order valence-corrected chi connectivity index (χ2v) is 16.4. The molecule has 4 fully saturated rings. The lowest BCUT2D eigenvalue weighted by Crippen LogP contribution is -2.64. The van der Waals surface area contributed by atoms with E-state index in [0.717, 1.165) is 19.0 Å². The quantitative estimate of drug-likeness (QED) is 0.185. The van der Waals surface area contributed by atoms with Gasteiger partial charge in [0, 0.05) is 48.7 Å². The first-order valence-electron chi connectivity index (χ1n) is 17.7. The lowest BCUT2D eigenvalue weighted by atomic mass is 9.43. The van der Waals surface area contributed by atoms with E-state index < -0.39 is 70.3 Å². The summed E-state index contributed by atoms with van der Waals surface area (Å²) in [6, 6.07) is 3.96. The Morgan fingerprint density at radius 1 is 1.06 bits per heavy atom. The van der Waals surface area contributed by atoms with Crippen molar-refractivity contribution in [3.8, 4) is 11.5 Å². The van der Waals surface area contributed by atoms with E-state index in [1.54, 1.807) is 0 Å². The van der Waals surface area contributed by atoms with Crippen LogP contribution in [-0.2, 0) is 9.53 Å². The van der Waals surface area contributed by atoms with Crippen molar-refractivity contribution in [2.45, 2.75) is 114 Å². The van der Waals surface area contributed by atoms with Gasteiger partial charge < -0.3 is 50.9 Å². The minimum atomic E-state index is -1.64. The van der Waals surface area contributed by atoms with Gasteiger partial charge in [0.15, 0.2) is 5.78 Å². The van der Waals surface area contributed by atoms with Crippen molar-refractivity contribution < 1.29 is 50.4 Å². The van der Waals surface area contributed by atoms with Gasteiger partial charge >= 0.3 is 0 Å². The van der Waals surface area contributed by atoms with Gasteiger partial charge in [0.25, 0.3) is 0 Å². The molecule has 5 aliphatic rings. The molecule has 1 heterocycles. The van der Waals surface area contributed by atoms with Gasteiger partial charge in [-0.1, -0.05) is 27.7 Å². The van der Waals surface area contributed by atoms with E-state index in [0.29, 0.717) is 24.0 Å². The van der Waals surface area contributed by atoms with Crippen LogP contribution in [0.3, 0.4) is 0 Å². The first-order valence-corrected chi connectivity index (χ1v) is 17.7. The molecule has 1 aliphatic heterocycles. The molecule has 9 N–H and O–H groups in total. The Morgan fingerprint density at radius 2 is 1.73 bits per heavy atom. The van der Waals surface area contributed by atoms with E-state index in [2.05, 4.69) is 12.2 Å². The largest absolute Gasteiger partial charge is 0.508 e. The fourth-order valence-corrected chi connectivity index (χ4v) is 11.3. The molecule has 0 unspecified atom stereocenters. The molecule has 15 atom stereocenters. The molecule has 11 heteroatoms. The van der Waals surface area contributed by atoms with Gasteiger partial charge in [0.05, 0.1) is 30.0 Å². The summed E-state index contributed by atoms with van der Waals surface area (Å²) in [5.41, 5.74) is -4.17. The summed E-state index contributed by atoms with van der Waals surface area (Å²) in [5.74, 6) is -3.54. The molecule has 0 bridgehead atoms. The van der Waals surface area contributed by atoms with Crippen molar-refractivity contribution in [3.63, 3.8) is 0 Å². The van der Waals surface area contributed by atoms with Gasteiger partial charge in [-0.05, 0) is 91.8 Å². The zero-order valence-corrected chi connectivity index (χ0v) is 28.7. The molecule has 6 rings (SSSR count). The number of phenols is 2. The van der Waals surface area contributed by atoms with E-state index in [1.165, 1.54) is 18.2 Å². The predicted molar refractivity (Wildman–Crippen MR) is 176 cm³/mol. The zero-order valence-electron chi connectivity index (χ0n) is 28.7. The maximum Gasteiger partial charge on any atom is 0.160 e. The van der Waals surface area contributed by atoms with Crippen molar-refractivity contribution in [2.24, 2.45) is 40.4 Å². The van der Waals surface area contributed by atoms with E-state index in [4.69, 9.17) is 4.74 Å². The Balaban J connectivity index is 1.38. The van der Waals surface area contributed by atoms with Crippen LogP contribution in [0, 0.1) is 40.4 Å². The van der Waals surface area contributed by atoms with Crippen LogP contribution in [0.1, 0.15) is 77.7 Å². The molecule has 1 aromatic rings. The third-order valence-electron chi connectivity index (χ3n) is 14.0. The molecule has 0 amide bonds. The summed E-state index contributed by atoms with van der Waals surface area (Å²) in [6.45, 7) is 8.29. The number of allylic oxidation sites excluding steroid dienone is 1. The molecule has 0 spiro atoms. The summed E-state index contributed by atoms with van der Waals surface area (Å²) >= 11 is 0. The third-order valence-corrected chi connectivity index (χ3v) is 14.0. The monoisotopic (exact) mass is 673 g/mol. The van der Waals surface area contributed by atoms with Crippen LogP contribution in [0.2, 0.25) is 0 Å². The van der Waals surface area contributed by atoms with Crippen LogP contribution < -0.4 is 5.32 Å². The number of rotatable bonds is 9. The predicted octanol–water partition coefficient (Wildman–Crippen LogP) is 1.73. The van der Waals surface area contributed by atoms with Crippen molar-refractivity contribution in [3.05, 3.63) is 35.4 Å². The SMILES string of the molecule is CNCC[C@@H](C)[C@H](C)[C@H](O)[C@H]1O[C@H]2C[C@]3(O)C4=CC(=O)[C@H]5[C@H](c6cc(O)cc(O)c6)[C@@H](O)[C@@H](O)C[C@]5(C)[C@@H]4CC[C@]3(C)[C@@H]2[C@]1(O)CCO. The van der Waals surface area contributed by atoms with E-state index in [1.807, 2.05) is 27.8 Å². The maximum absolute atomic E-state index is 14.3. The van der Waals surface area contributed by atoms with Crippen LogP contribution in [0.4, 0.5) is 0 Å². The van der Waals surface area contributed by atoms with E-state index >= 15 is 0 Å². The molecule has 4 aliphatic carbocycles. The fourth-order valence-electron chi connectivity index (χ4n) is 11.3. The first-order chi connectivity index (χ1) is 22.5. The number of carbonyl (C=O) groups is 1. The third kappa shape index (κ3) is 5.02. The highest BCUT2D eigenvalue weighted by Crippen LogP contribution is 2.72. The molecule has 11 nitrogen and oxygen atoms in total. The van der Waals surface area contributed by atoms with E-state index in [-0.39, 0.29) is 60.9 Å². The topological polar surface area (TPSA) is 200 Å². The average molecular weight is 674 g/mol. The molecule has 268 valence electrons. The number of hydrogen-bond acceptors (Lipinski definition) is 11. The van der Waals surface area contributed by atoms with Crippen molar-refractivity contribution in [1.82, 2.24) is 5.32 Å². The van der Waals surface area contributed by atoms with Crippen molar-refractivity contribution in [1.29, 1.82) is 0 Å². The van der Waals surface area contributed by atoms with Gasteiger partial charge in [-0.2, -0.15) is 0 Å². The Morgan fingerprint density at radius 3 is 2.35 bits per heavy atom. The van der Waals surface area contributed by atoms with Gasteiger partial charge in [0.2, 0.25) is 0 Å². The molecule has 0 aromatic heterocycles. The summed E-state index contributed by atoms with van der Waals surface area (Å²) in [5, 5.41) is 93.4. The van der Waals surface area contributed by atoms with Crippen molar-refractivity contribution >= 4 is 5.78 Å². The minimum absolute atomic E-state index is 0.0388. The van der Waals surface area contributed by atoms with Gasteiger partial charge in [-0.15, -0.1) is 0 Å². The number of benzene rings is 1. The summed E-state index contributed by atoms with van der Waals surface area (Å²) < 4.78 is 6.56. The van der Waals surface area contributed by atoms with Crippen molar-refractivity contribution in [2.75, 3.05) is 20.2 Å². The summed E-state index contributed by atoms with van der Waals surface area (Å²) in [7, 11) is 1.88. The van der Waals surface area contributed by atoms with Crippen LogP contribution in [-0.4, -0.2) is 109 Å². The first kappa shape index (κ1) is 35.7. The summed E-state index contributed by atoms with van der Waals surface area (Å²) in [4.78, 5) is 14.3. The standard InChI is InChI=1S/C37H55NO10/c1-18(7-10-38-5)19(2)30(44)33-36(46,9-11-39)32-27(48-33)17-37(47)24-15-25(42)29-28(20-12-21(40)14-22(41)13-20)31(45)26(43)16-34(29,3)23(24)6-8-35(32,37)4/h12-15,18-19,23,26-33,38-41,43-47H,6-11,16-17H2,1-5H3/t18-,19+,23-,26+,27+,28+,29+,30+,31+,32-,33-,34-,35-,36-,37+/m1/s1. The molecule has 1 saturated heterocycles. The average Bonchev–Trinajstić information content (AvgIpc) is 3.43. The van der Waals surface area contributed by atoms with E-state index in [9.17, 15) is 45.6 Å². The Bertz CT molecular complexity index is 1420. The second-order valence-electron chi connectivity index (χ2n) is 16.4. The highest BCUT2D eigenvalue weighted by Gasteiger charge is 2.76. The lowest BCUT2D eigenvalue weighted by molar-refractivity contribution is -0.185. The molecular formula is C37H55NO10. The molecule has 0 radical (unpaired) electrons. The Labute approximate surface area is 282 Å². The number of ketones is 1. The Kier molecular flexibility index (Phi) is 9.15. The number of fused-ring (bicyclic) bond motifs is 7. The van der Waals surface area contributed by atoms with Crippen LogP contribution in [0.25, 0.3) is 0 Å². The number of hydrogen-bond donors (Lipinski definition) is 9. The number of carbonyl (C=O) groups excluding carboxylic acids is 1. The fraction of sp³-hybridized carbons (Fsp3) is 0.757. The number of aliphatic hydroxyl groups is 6. The lowest BCUT2D eigenvalue weighted by Gasteiger charge is -2.62. The summed E-state index contributed by atoms with van der Waals surface area (Å²) in [6.07, 6.45) is -1.67. The highest BCUT2D eigenvalue weighted by atomic mass is 16.5. The van der Waals surface area contributed by atoms with Gasteiger partial charge in [0.1, 0.15) is 23.2 Å². The number of aliphatic hydroxyl groups excluding tert-OH is 4. The van der Waals surface area contributed by atoms with Crippen LogP contribution in [0.5, 0.6) is 11.5 Å². The number of phenolic OH excluding ortho intramolecular Hbond substituents is 2. The maximum atomic E-state index is 14.3. The van der Waals surface area contributed by atoms with Gasteiger partial charge in [-0.3, -0.25) is 4.79 Å².